The van der Waals surface area contributed by atoms with E-state index >= 15 is 0 Å². The Kier molecular flexibility index (Phi) is 3.46. The first kappa shape index (κ1) is 11.9. The largest absolute Gasteiger partial charge is 0.393 e. The van der Waals surface area contributed by atoms with Crippen molar-refractivity contribution in [3.05, 3.63) is 18.0 Å². The number of aliphatic hydroxyl groups excluding tert-OH is 1. The molecule has 18 heavy (non-hydrogen) atoms. The summed E-state index contributed by atoms with van der Waals surface area (Å²) in [6.07, 6.45) is 11.5. The molecule has 0 aromatic carbocycles. The molecule has 2 aliphatic rings. The maximum Gasteiger partial charge on any atom is 0.222 e. The van der Waals surface area contributed by atoms with Gasteiger partial charge in [0.05, 0.1) is 6.10 Å². The Bertz CT molecular complexity index is 381. The number of aromatic nitrogens is 2. The number of hydrogen-bond donors (Lipinski definition) is 2. The second-order valence-corrected chi connectivity index (χ2v) is 5.62. The smallest absolute Gasteiger partial charge is 0.222 e. The number of nitrogens with one attached hydrogen (secondary N) is 1. The van der Waals surface area contributed by atoms with Gasteiger partial charge in [-0.15, -0.1) is 0 Å². The van der Waals surface area contributed by atoms with Gasteiger partial charge in [-0.05, 0) is 50.0 Å². The molecule has 2 saturated carbocycles. The summed E-state index contributed by atoms with van der Waals surface area (Å²) < 4.78 is 0. The van der Waals surface area contributed by atoms with Gasteiger partial charge in [0.25, 0.3) is 0 Å². The Hall–Kier alpha value is -1.16. The molecule has 0 radical (unpaired) electrons. The molecule has 1 heterocycles. The summed E-state index contributed by atoms with van der Waals surface area (Å²) in [5.41, 5.74) is 1.28. The van der Waals surface area contributed by atoms with Crippen molar-refractivity contribution in [2.45, 2.75) is 63.0 Å². The molecule has 4 nitrogen and oxygen atoms in total. The summed E-state index contributed by atoms with van der Waals surface area (Å²) in [6.45, 7) is 0. The van der Waals surface area contributed by atoms with Crippen LogP contribution in [0.15, 0.2) is 12.4 Å². The highest BCUT2D eigenvalue weighted by atomic mass is 16.3. The Morgan fingerprint density at radius 1 is 1.00 bits per heavy atom. The third-order valence-corrected chi connectivity index (χ3v) is 4.28. The lowest BCUT2D eigenvalue weighted by Gasteiger charge is -2.27. The second kappa shape index (κ2) is 5.22. The van der Waals surface area contributed by atoms with E-state index in [-0.39, 0.29) is 6.10 Å². The first-order chi connectivity index (χ1) is 8.81. The molecule has 0 spiro atoms. The topological polar surface area (TPSA) is 58.0 Å². The van der Waals surface area contributed by atoms with Crippen molar-refractivity contribution >= 4 is 5.95 Å². The maximum atomic E-state index is 9.47. The van der Waals surface area contributed by atoms with Gasteiger partial charge in [0.2, 0.25) is 5.95 Å². The average Bonchev–Trinajstić information content (AvgIpc) is 2.32. The lowest BCUT2D eigenvalue weighted by atomic mass is 9.81. The molecular formula is C14H21N3O. The van der Waals surface area contributed by atoms with Crippen LogP contribution in [0.4, 0.5) is 5.95 Å². The first-order valence-corrected chi connectivity index (χ1v) is 7.08. The summed E-state index contributed by atoms with van der Waals surface area (Å²) in [6, 6.07) is 0.419. The molecule has 2 fully saturated rings. The van der Waals surface area contributed by atoms with E-state index < -0.39 is 0 Å². The van der Waals surface area contributed by atoms with E-state index in [0.717, 1.165) is 31.6 Å². The Morgan fingerprint density at radius 2 is 1.67 bits per heavy atom. The van der Waals surface area contributed by atoms with E-state index in [1.165, 1.54) is 24.8 Å². The van der Waals surface area contributed by atoms with Gasteiger partial charge in [-0.2, -0.15) is 0 Å². The van der Waals surface area contributed by atoms with Crippen LogP contribution in [0.2, 0.25) is 0 Å². The van der Waals surface area contributed by atoms with Gasteiger partial charge >= 0.3 is 0 Å². The van der Waals surface area contributed by atoms with E-state index in [0.29, 0.717) is 12.0 Å². The van der Waals surface area contributed by atoms with Gasteiger partial charge < -0.3 is 10.4 Å². The molecule has 0 aliphatic heterocycles. The van der Waals surface area contributed by atoms with E-state index in [1.54, 1.807) is 0 Å². The van der Waals surface area contributed by atoms with Crippen LogP contribution in [0.3, 0.4) is 0 Å². The molecule has 98 valence electrons. The third kappa shape index (κ3) is 2.64. The number of aliphatic hydroxyl groups is 1. The minimum absolute atomic E-state index is 0.107. The van der Waals surface area contributed by atoms with Crippen molar-refractivity contribution in [2.75, 3.05) is 5.32 Å². The molecule has 0 amide bonds. The van der Waals surface area contributed by atoms with Gasteiger partial charge in [0.15, 0.2) is 0 Å². The minimum atomic E-state index is -0.107. The lowest BCUT2D eigenvalue weighted by Crippen LogP contribution is -2.28. The van der Waals surface area contributed by atoms with Crippen molar-refractivity contribution in [3.8, 4) is 0 Å². The van der Waals surface area contributed by atoms with Gasteiger partial charge in [-0.1, -0.05) is 6.42 Å². The quantitative estimate of drug-likeness (QED) is 0.861. The van der Waals surface area contributed by atoms with Crippen LogP contribution in [0.5, 0.6) is 0 Å². The van der Waals surface area contributed by atoms with E-state index in [1.807, 2.05) is 12.4 Å². The highest BCUT2D eigenvalue weighted by Crippen LogP contribution is 2.35. The fourth-order valence-corrected chi connectivity index (χ4v) is 2.77. The van der Waals surface area contributed by atoms with Crippen LogP contribution in [0.25, 0.3) is 0 Å². The Balaban J connectivity index is 1.56. The Morgan fingerprint density at radius 3 is 2.22 bits per heavy atom. The second-order valence-electron chi connectivity index (χ2n) is 5.62. The van der Waals surface area contributed by atoms with Crippen LogP contribution in [-0.2, 0) is 0 Å². The summed E-state index contributed by atoms with van der Waals surface area (Å²) >= 11 is 0. The van der Waals surface area contributed by atoms with Crippen LogP contribution >= 0.6 is 0 Å². The highest BCUT2D eigenvalue weighted by molar-refractivity contribution is 5.28. The summed E-state index contributed by atoms with van der Waals surface area (Å²) in [7, 11) is 0. The average molecular weight is 247 g/mol. The third-order valence-electron chi connectivity index (χ3n) is 4.28. The van der Waals surface area contributed by atoms with Crippen LogP contribution in [0, 0.1) is 0 Å². The van der Waals surface area contributed by atoms with Gasteiger partial charge in [0, 0.05) is 18.4 Å². The molecule has 2 N–H and O–H groups in total. The van der Waals surface area contributed by atoms with Crippen molar-refractivity contribution < 1.29 is 5.11 Å². The number of nitrogens with zero attached hydrogens (tertiary/aromatic N) is 2. The number of anilines is 1. The number of rotatable bonds is 3. The molecule has 2 aliphatic carbocycles. The molecule has 1 aromatic heterocycles. The molecule has 4 heteroatoms. The van der Waals surface area contributed by atoms with Gasteiger partial charge in [-0.25, -0.2) is 9.97 Å². The molecule has 0 saturated heterocycles. The van der Waals surface area contributed by atoms with E-state index in [4.69, 9.17) is 0 Å². The molecule has 3 rings (SSSR count). The predicted octanol–water partition coefficient (Wildman–Crippen LogP) is 2.46. The van der Waals surface area contributed by atoms with E-state index in [2.05, 4.69) is 15.3 Å². The minimum Gasteiger partial charge on any atom is -0.393 e. The molecule has 0 atom stereocenters. The maximum absolute atomic E-state index is 9.47. The van der Waals surface area contributed by atoms with Crippen molar-refractivity contribution in [2.24, 2.45) is 0 Å². The monoisotopic (exact) mass is 247 g/mol. The van der Waals surface area contributed by atoms with Crippen molar-refractivity contribution in [1.82, 2.24) is 9.97 Å². The zero-order valence-corrected chi connectivity index (χ0v) is 10.7. The summed E-state index contributed by atoms with van der Waals surface area (Å²) in [5, 5.41) is 12.8. The van der Waals surface area contributed by atoms with Crippen molar-refractivity contribution in [1.29, 1.82) is 0 Å². The summed E-state index contributed by atoms with van der Waals surface area (Å²) in [4.78, 5) is 8.82. The fourth-order valence-electron chi connectivity index (χ4n) is 2.77. The molecule has 0 unspecified atom stereocenters. The van der Waals surface area contributed by atoms with Crippen LogP contribution in [0.1, 0.15) is 56.4 Å². The molecule has 0 bridgehead atoms. The Labute approximate surface area is 108 Å². The number of hydrogen-bond acceptors (Lipinski definition) is 4. The normalized spacial score (nSPS) is 28.7. The van der Waals surface area contributed by atoms with Gasteiger partial charge in [0.1, 0.15) is 0 Å². The summed E-state index contributed by atoms with van der Waals surface area (Å²) in [5.74, 6) is 1.43. The molecular weight excluding hydrogens is 226 g/mol. The van der Waals surface area contributed by atoms with Gasteiger partial charge in [-0.3, -0.25) is 0 Å². The fraction of sp³-hybridized carbons (Fsp3) is 0.714. The SMILES string of the molecule is OC1CCC(Nc2ncc(C3CCC3)cn2)CC1. The zero-order chi connectivity index (χ0) is 12.4. The van der Waals surface area contributed by atoms with Crippen LogP contribution < -0.4 is 5.32 Å². The predicted molar refractivity (Wildman–Crippen MR) is 70.5 cm³/mol. The highest BCUT2D eigenvalue weighted by Gasteiger charge is 2.21. The molecule has 1 aromatic rings. The lowest BCUT2D eigenvalue weighted by molar-refractivity contribution is 0.126. The standard InChI is InChI=1S/C14H21N3O/c18-13-6-4-12(5-7-13)17-14-15-8-11(9-16-14)10-2-1-3-10/h8-10,12-13,18H,1-7H2,(H,15,16,17). The zero-order valence-electron chi connectivity index (χ0n) is 10.7. The van der Waals surface area contributed by atoms with Crippen LogP contribution in [-0.4, -0.2) is 27.2 Å². The first-order valence-electron chi connectivity index (χ1n) is 7.08. The van der Waals surface area contributed by atoms with E-state index in [9.17, 15) is 5.11 Å². The van der Waals surface area contributed by atoms with Crippen molar-refractivity contribution in [3.63, 3.8) is 0 Å².